The maximum atomic E-state index is 5.27. The second-order valence-electron chi connectivity index (χ2n) is 5.09. The van der Waals surface area contributed by atoms with E-state index < -0.39 is 0 Å². The summed E-state index contributed by atoms with van der Waals surface area (Å²) in [6, 6.07) is 4.15. The molecule has 0 atom stereocenters. The average Bonchev–Trinajstić information content (AvgIpc) is 2.87. The van der Waals surface area contributed by atoms with Gasteiger partial charge in [0, 0.05) is 24.9 Å². The summed E-state index contributed by atoms with van der Waals surface area (Å²) >= 11 is 0. The Balaban J connectivity index is 1.55. The number of hydrogen-bond donors (Lipinski definition) is 0. The molecule has 1 fully saturated rings. The van der Waals surface area contributed by atoms with Crippen LogP contribution in [0.3, 0.4) is 0 Å². The highest BCUT2D eigenvalue weighted by Crippen LogP contribution is 2.27. The van der Waals surface area contributed by atoms with Gasteiger partial charge in [-0.25, -0.2) is 0 Å². The molecule has 3 heterocycles. The second kappa shape index (κ2) is 5.48. The third kappa shape index (κ3) is 2.98. The molecular formula is C14H18N4O. The van der Waals surface area contributed by atoms with Gasteiger partial charge in [0.05, 0.1) is 0 Å². The predicted octanol–water partition coefficient (Wildman–Crippen LogP) is 2.15. The summed E-state index contributed by atoms with van der Waals surface area (Å²) in [5.74, 6) is 1.96. The molecule has 0 bridgehead atoms. The van der Waals surface area contributed by atoms with Crippen molar-refractivity contribution in [1.29, 1.82) is 0 Å². The van der Waals surface area contributed by atoms with Crippen molar-refractivity contribution in [3.8, 4) is 0 Å². The van der Waals surface area contributed by atoms with E-state index in [2.05, 4.69) is 32.2 Å². The quantitative estimate of drug-likeness (QED) is 0.844. The summed E-state index contributed by atoms with van der Waals surface area (Å²) in [6.45, 7) is 5.02. The lowest BCUT2D eigenvalue weighted by Crippen LogP contribution is -2.32. The Labute approximate surface area is 112 Å². The standard InChI is InChI=1S/C14H18N4O/c1-11-16-14(19-17-11)13-4-8-18(9-5-13)10-12-2-6-15-7-3-12/h2-3,6-7,13H,4-5,8-10H2,1H3. The molecule has 0 N–H and O–H groups in total. The van der Waals surface area contributed by atoms with Gasteiger partial charge in [-0.3, -0.25) is 9.88 Å². The number of pyridine rings is 1. The fourth-order valence-electron chi connectivity index (χ4n) is 2.56. The smallest absolute Gasteiger partial charge is 0.229 e. The van der Waals surface area contributed by atoms with E-state index in [4.69, 9.17) is 4.52 Å². The molecule has 5 nitrogen and oxygen atoms in total. The zero-order chi connectivity index (χ0) is 13.1. The van der Waals surface area contributed by atoms with Crippen molar-refractivity contribution in [2.24, 2.45) is 0 Å². The molecule has 0 amide bonds. The topological polar surface area (TPSA) is 55.1 Å². The Morgan fingerprint density at radius 2 is 2.00 bits per heavy atom. The zero-order valence-electron chi connectivity index (χ0n) is 11.1. The van der Waals surface area contributed by atoms with Crippen molar-refractivity contribution in [1.82, 2.24) is 20.0 Å². The molecule has 0 spiro atoms. The van der Waals surface area contributed by atoms with Crippen molar-refractivity contribution < 1.29 is 4.52 Å². The highest BCUT2D eigenvalue weighted by Gasteiger charge is 2.24. The molecular weight excluding hydrogens is 240 g/mol. The van der Waals surface area contributed by atoms with Crippen LogP contribution in [0, 0.1) is 6.92 Å². The molecule has 1 aliphatic rings. The van der Waals surface area contributed by atoms with Crippen LogP contribution in [0.4, 0.5) is 0 Å². The van der Waals surface area contributed by atoms with Crippen LogP contribution in [0.2, 0.25) is 0 Å². The van der Waals surface area contributed by atoms with Crippen molar-refractivity contribution in [3.63, 3.8) is 0 Å². The first-order valence-electron chi connectivity index (χ1n) is 6.73. The van der Waals surface area contributed by atoms with E-state index in [1.807, 2.05) is 19.3 Å². The number of likely N-dealkylation sites (tertiary alicyclic amines) is 1. The summed E-state index contributed by atoms with van der Waals surface area (Å²) in [5.41, 5.74) is 1.32. The van der Waals surface area contributed by atoms with Gasteiger partial charge in [0.1, 0.15) is 0 Å². The van der Waals surface area contributed by atoms with Crippen LogP contribution in [-0.4, -0.2) is 33.1 Å². The Morgan fingerprint density at radius 1 is 1.26 bits per heavy atom. The van der Waals surface area contributed by atoms with E-state index in [9.17, 15) is 0 Å². The molecule has 0 aromatic carbocycles. The number of nitrogens with zero attached hydrogens (tertiary/aromatic N) is 4. The highest BCUT2D eigenvalue weighted by atomic mass is 16.5. The minimum Gasteiger partial charge on any atom is -0.339 e. The molecule has 2 aromatic rings. The van der Waals surface area contributed by atoms with Crippen LogP contribution >= 0.6 is 0 Å². The van der Waals surface area contributed by atoms with E-state index in [1.165, 1.54) is 5.56 Å². The molecule has 3 rings (SSSR count). The van der Waals surface area contributed by atoms with Crippen molar-refractivity contribution in [2.45, 2.75) is 32.2 Å². The van der Waals surface area contributed by atoms with Gasteiger partial charge >= 0.3 is 0 Å². The van der Waals surface area contributed by atoms with Gasteiger partial charge in [-0.05, 0) is 50.6 Å². The third-order valence-electron chi connectivity index (χ3n) is 3.64. The molecule has 0 unspecified atom stereocenters. The zero-order valence-corrected chi connectivity index (χ0v) is 11.1. The normalized spacial score (nSPS) is 17.7. The largest absolute Gasteiger partial charge is 0.339 e. The summed E-state index contributed by atoms with van der Waals surface area (Å²) in [7, 11) is 0. The minimum atomic E-state index is 0.426. The van der Waals surface area contributed by atoms with Crippen LogP contribution in [0.15, 0.2) is 29.0 Å². The van der Waals surface area contributed by atoms with Crippen LogP contribution in [0.25, 0.3) is 0 Å². The Kier molecular flexibility index (Phi) is 3.55. The van der Waals surface area contributed by atoms with Crippen LogP contribution in [0.5, 0.6) is 0 Å². The fraction of sp³-hybridized carbons (Fsp3) is 0.500. The Morgan fingerprint density at radius 3 is 2.63 bits per heavy atom. The van der Waals surface area contributed by atoms with Crippen LogP contribution in [0.1, 0.15) is 36.0 Å². The Bertz CT molecular complexity index is 517. The van der Waals surface area contributed by atoms with E-state index in [1.54, 1.807) is 0 Å². The summed E-state index contributed by atoms with van der Waals surface area (Å²) in [6.07, 6.45) is 5.88. The van der Waals surface area contributed by atoms with E-state index in [-0.39, 0.29) is 0 Å². The van der Waals surface area contributed by atoms with Crippen molar-refractivity contribution in [2.75, 3.05) is 13.1 Å². The number of aryl methyl sites for hydroxylation is 1. The lowest BCUT2D eigenvalue weighted by molar-refractivity contribution is 0.187. The molecule has 1 aliphatic heterocycles. The first kappa shape index (κ1) is 12.3. The van der Waals surface area contributed by atoms with Crippen molar-refractivity contribution in [3.05, 3.63) is 41.8 Å². The Hall–Kier alpha value is -1.75. The first-order chi connectivity index (χ1) is 9.31. The molecule has 0 radical (unpaired) electrons. The molecule has 5 heteroatoms. The molecule has 0 saturated carbocycles. The molecule has 1 saturated heterocycles. The lowest BCUT2D eigenvalue weighted by Gasteiger charge is -2.30. The van der Waals surface area contributed by atoms with Gasteiger partial charge in [-0.15, -0.1) is 0 Å². The molecule has 19 heavy (non-hydrogen) atoms. The SMILES string of the molecule is Cc1noc(C2CCN(Cc3ccncc3)CC2)n1. The number of aromatic nitrogens is 3. The second-order valence-corrected chi connectivity index (χ2v) is 5.09. The monoisotopic (exact) mass is 258 g/mol. The van der Waals surface area contributed by atoms with Crippen molar-refractivity contribution >= 4 is 0 Å². The number of hydrogen-bond acceptors (Lipinski definition) is 5. The maximum absolute atomic E-state index is 5.27. The highest BCUT2D eigenvalue weighted by molar-refractivity contribution is 5.09. The molecule has 2 aromatic heterocycles. The summed E-state index contributed by atoms with van der Waals surface area (Å²) in [5, 5.41) is 3.87. The first-order valence-corrected chi connectivity index (χ1v) is 6.73. The molecule has 0 aliphatic carbocycles. The van der Waals surface area contributed by atoms with Gasteiger partial charge in [0.25, 0.3) is 0 Å². The van der Waals surface area contributed by atoms with Gasteiger partial charge in [-0.1, -0.05) is 5.16 Å². The lowest BCUT2D eigenvalue weighted by atomic mass is 9.96. The maximum Gasteiger partial charge on any atom is 0.229 e. The van der Waals surface area contributed by atoms with E-state index in [0.717, 1.165) is 44.2 Å². The van der Waals surface area contributed by atoms with Gasteiger partial charge < -0.3 is 4.52 Å². The minimum absolute atomic E-state index is 0.426. The van der Waals surface area contributed by atoms with Crippen LogP contribution in [-0.2, 0) is 6.54 Å². The number of rotatable bonds is 3. The summed E-state index contributed by atoms with van der Waals surface area (Å²) < 4.78 is 5.27. The van der Waals surface area contributed by atoms with E-state index in [0.29, 0.717) is 5.92 Å². The predicted molar refractivity (Wildman–Crippen MR) is 70.5 cm³/mol. The average molecular weight is 258 g/mol. The van der Waals surface area contributed by atoms with Crippen LogP contribution < -0.4 is 0 Å². The summed E-state index contributed by atoms with van der Waals surface area (Å²) in [4.78, 5) is 10.9. The van der Waals surface area contributed by atoms with Gasteiger partial charge in [-0.2, -0.15) is 4.98 Å². The van der Waals surface area contributed by atoms with Gasteiger partial charge in [0.2, 0.25) is 5.89 Å². The molecule has 100 valence electrons. The van der Waals surface area contributed by atoms with E-state index >= 15 is 0 Å². The third-order valence-corrected chi connectivity index (χ3v) is 3.64. The number of piperidine rings is 1. The van der Waals surface area contributed by atoms with Gasteiger partial charge in [0.15, 0.2) is 5.82 Å². The fourth-order valence-corrected chi connectivity index (χ4v) is 2.56.